The first kappa shape index (κ1) is 16.3. The molecule has 1 aromatic carbocycles. The molecule has 8 heteroatoms. The van der Waals surface area contributed by atoms with E-state index in [9.17, 15) is 18.0 Å². The second kappa shape index (κ2) is 6.48. The minimum absolute atomic E-state index is 0.152. The molecule has 1 N–H and O–H groups in total. The fraction of sp³-hybridized carbons (Fsp3) is 0.125. The summed E-state index contributed by atoms with van der Waals surface area (Å²) in [5.74, 6) is 0.178. The van der Waals surface area contributed by atoms with Crippen LogP contribution in [0.25, 0.3) is 10.6 Å². The predicted molar refractivity (Wildman–Crippen MR) is 82.4 cm³/mol. The van der Waals surface area contributed by atoms with Gasteiger partial charge in [-0.3, -0.25) is 4.79 Å². The second-order valence-corrected chi connectivity index (χ2v) is 5.74. The molecule has 0 radical (unpaired) electrons. The van der Waals surface area contributed by atoms with E-state index in [-0.39, 0.29) is 12.2 Å². The Bertz CT molecular complexity index is 841. The zero-order chi connectivity index (χ0) is 17.2. The molecule has 124 valence electrons. The summed E-state index contributed by atoms with van der Waals surface area (Å²) < 4.78 is 43.4. The summed E-state index contributed by atoms with van der Waals surface area (Å²) in [7, 11) is 0. The van der Waals surface area contributed by atoms with Gasteiger partial charge in [0, 0.05) is 10.9 Å². The minimum atomic E-state index is -4.42. The highest BCUT2D eigenvalue weighted by Crippen LogP contribution is 2.33. The monoisotopic (exact) mass is 352 g/mol. The maximum Gasteiger partial charge on any atom is 0.416 e. The molecule has 2 heterocycles. The van der Waals surface area contributed by atoms with Crippen LogP contribution in [-0.2, 0) is 12.7 Å². The first-order valence-corrected chi connectivity index (χ1v) is 7.75. The molecule has 0 spiro atoms. The van der Waals surface area contributed by atoms with Crippen molar-refractivity contribution in [3.63, 3.8) is 0 Å². The maximum absolute atomic E-state index is 12.8. The van der Waals surface area contributed by atoms with Crippen molar-refractivity contribution in [3.05, 3.63) is 65.1 Å². The number of thiazole rings is 1. The van der Waals surface area contributed by atoms with E-state index in [0.29, 0.717) is 16.3 Å². The molecule has 0 unspecified atom stereocenters. The number of hydrogen-bond acceptors (Lipinski definition) is 4. The summed E-state index contributed by atoms with van der Waals surface area (Å²) >= 11 is 1.11. The number of carbonyl (C=O) groups is 1. The minimum Gasteiger partial charge on any atom is -0.467 e. The highest BCUT2D eigenvalue weighted by molar-refractivity contribution is 7.13. The molecule has 0 fully saturated rings. The molecule has 0 atom stereocenters. The van der Waals surface area contributed by atoms with Crippen LogP contribution in [0.4, 0.5) is 13.2 Å². The predicted octanol–water partition coefficient (Wildman–Crippen LogP) is 4.35. The van der Waals surface area contributed by atoms with Crippen LogP contribution < -0.4 is 5.32 Å². The van der Waals surface area contributed by atoms with Crippen molar-refractivity contribution in [2.45, 2.75) is 12.7 Å². The van der Waals surface area contributed by atoms with Crippen LogP contribution in [0.2, 0.25) is 0 Å². The van der Waals surface area contributed by atoms with Gasteiger partial charge in [0.15, 0.2) is 0 Å². The van der Waals surface area contributed by atoms with Gasteiger partial charge in [-0.1, -0.05) is 12.1 Å². The summed E-state index contributed by atoms with van der Waals surface area (Å²) in [4.78, 5) is 16.1. The Kier molecular flexibility index (Phi) is 4.39. The summed E-state index contributed by atoms with van der Waals surface area (Å²) in [6, 6.07) is 8.28. The second-order valence-electron chi connectivity index (χ2n) is 4.88. The third-order valence-corrected chi connectivity index (χ3v) is 4.07. The quantitative estimate of drug-likeness (QED) is 0.759. The van der Waals surface area contributed by atoms with Gasteiger partial charge in [0.25, 0.3) is 5.91 Å². The number of amides is 1. The molecular weight excluding hydrogens is 341 g/mol. The van der Waals surface area contributed by atoms with Gasteiger partial charge in [0.2, 0.25) is 0 Å². The Hall–Kier alpha value is -2.61. The van der Waals surface area contributed by atoms with Crippen LogP contribution in [0, 0.1) is 0 Å². The van der Waals surface area contributed by atoms with E-state index in [4.69, 9.17) is 4.42 Å². The van der Waals surface area contributed by atoms with Crippen LogP contribution in [0.5, 0.6) is 0 Å². The van der Waals surface area contributed by atoms with Crippen LogP contribution in [0.15, 0.2) is 52.5 Å². The number of alkyl halides is 3. The summed E-state index contributed by atoms with van der Waals surface area (Å²) in [5, 5.41) is 4.49. The highest BCUT2D eigenvalue weighted by Gasteiger charge is 2.30. The van der Waals surface area contributed by atoms with Crippen molar-refractivity contribution >= 4 is 17.2 Å². The van der Waals surface area contributed by atoms with E-state index in [1.54, 1.807) is 12.1 Å². The zero-order valence-electron chi connectivity index (χ0n) is 12.1. The number of nitrogens with zero attached hydrogens (tertiary/aromatic N) is 1. The fourth-order valence-corrected chi connectivity index (χ4v) is 2.81. The standard InChI is InChI=1S/C16H11F3N2O2S/c17-16(18,19)11-4-1-3-10(7-11)15-21-13(9-24-15)14(22)20-8-12-5-2-6-23-12/h1-7,9H,8H2,(H,20,22). The molecule has 2 aromatic heterocycles. The number of nitrogens with one attached hydrogen (secondary N) is 1. The Balaban J connectivity index is 1.74. The molecule has 0 aliphatic heterocycles. The molecule has 0 aliphatic rings. The average Bonchev–Trinajstić information content (AvgIpc) is 3.23. The van der Waals surface area contributed by atoms with Crippen molar-refractivity contribution in [1.29, 1.82) is 0 Å². The molecule has 0 bridgehead atoms. The van der Waals surface area contributed by atoms with Crippen LogP contribution in [0.1, 0.15) is 21.8 Å². The van der Waals surface area contributed by atoms with Crippen molar-refractivity contribution in [1.82, 2.24) is 10.3 Å². The molecule has 0 saturated carbocycles. The lowest BCUT2D eigenvalue weighted by Crippen LogP contribution is -2.22. The largest absolute Gasteiger partial charge is 0.467 e. The molecule has 3 aromatic rings. The summed E-state index contributed by atoms with van der Waals surface area (Å²) in [6.07, 6.45) is -2.92. The first-order valence-electron chi connectivity index (χ1n) is 6.87. The maximum atomic E-state index is 12.8. The lowest BCUT2D eigenvalue weighted by molar-refractivity contribution is -0.137. The van der Waals surface area contributed by atoms with E-state index in [0.717, 1.165) is 23.5 Å². The Morgan fingerprint density at radius 2 is 2.08 bits per heavy atom. The SMILES string of the molecule is O=C(NCc1ccco1)c1csc(-c2cccc(C(F)(F)F)c2)n1. The van der Waals surface area contributed by atoms with E-state index in [2.05, 4.69) is 10.3 Å². The normalized spacial score (nSPS) is 11.5. The lowest BCUT2D eigenvalue weighted by Gasteiger charge is -2.07. The Labute approximate surface area is 139 Å². The number of furan rings is 1. The molecular formula is C16H11F3N2O2S. The van der Waals surface area contributed by atoms with E-state index in [1.165, 1.54) is 23.8 Å². The highest BCUT2D eigenvalue weighted by atomic mass is 32.1. The summed E-state index contributed by atoms with van der Waals surface area (Å²) in [6.45, 7) is 0.211. The number of aromatic nitrogens is 1. The number of rotatable bonds is 4. The molecule has 4 nitrogen and oxygen atoms in total. The van der Waals surface area contributed by atoms with Gasteiger partial charge in [-0.05, 0) is 24.3 Å². The number of hydrogen-bond donors (Lipinski definition) is 1. The van der Waals surface area contributed by atoms with Gasteiger partial charge in [0.1, 0.15) is 16.5 Å². The smallest absolute Gasteiger partial charge is 0.416 e. The number of carbonyl (C=O) groups excluding carboxylic acids is 1. The van der Waals surface area contributed by atoms with Crippen LogP contribution in [0.3, 0.4) is 0 Å². The topological polar surface area (TPSA) is 55.1 Å². The van der Waals surface area contributed by atoms with Gasteiger partial charge in [-0.2, -0.15) is 13.2 Å². The van der Waals surface area contributed by atoms with Crippen molar-refractivity contribution in [2.24, 2.45) is 0 Å². The van der Waals surface area contributed by atoms with Crippen molar-refractivity contribution in [3.8, 4) is 10.6 Å². The lowest BCUT2D eigenvalue weighted by atomic mass is 10.1. The van der Waals surface area contributed by atoms with Gasteiger partial charge in [-0.15, -0.1) is 11.3 Å². The molecule has 0 aliphatic carbocycles. The van der Waals surface area contributed by atoms with Crippen LogP contribution in [-0.4, -0.2) is 10.9 Å². The van der Waals surface area contributed by atoms with Crippen LogP contribution >= 0.6 is 11.3 Å². The fourth-order valence-electron chi connectivity index (χ4n) is 2.01. The van der Waals surface area contributed by atoms with E-state index < -0.39 is 17.6 Å². The average molecular weight is 352 g/mol. The third kappa shape index (κ3) is 3.65. The van der Waals surface area contributed by atoms with E-state index in [1.807, 2.05) is 0 Å². The van der Waals surface area contributed by atoms with Gasteiger partial charge < -0.3 is 9.73 Å². The third-order valence-electron chi connectivity index (χ3n) is 3.18. The molecule has 0 saturated heterocycles. The summed E-state index contributed by atoms with van der Waals surface area (Å²) in [5.41, 5.74) is -0.280. The van der Waals surface area contributed by atoms with Crippen molar-refractivity contribution in [2.75, 3.05) is 0 Å². The molecule has 1 amide bonds. The zero-order valence-corrected chi connectivity index (χ0v) is 12.9. The number of halogens is 3. The van der Waals surface area contributed by atoms with E-state index >= 15 is 0 Å². The first-order chi connectivity index (χ1) is 11.4. The Morgan fingerprint density at radius 1 is 1.25 bits per heavy atom. The molecule has 3 rings (SSSR count). The number of benzene rings is 1. The molecule has 24 heavy (non-hydrogen) atoms. The van der Waals surface area contributed by atoms with Gasteiger partial charge in [-0.25, -0.2) is 4.98 Å². The van der Waals surface area contributed by atoms with Gasteiger partial charge >= 0.3 is 6.18 Å². The van der Waals surface area contributed by atoms with Gasteiger partial charge in [0.05, 0.1) is 18.4 Å². The van der Waals surface area contributed by atoms with Crippen molar-refractivity contribution < 1.29 is 22.4 Å². The Morgan fingerprint density at radius 3 is 2.79 bits per heavy atom.